The minimum Gasteiger partial charge on any atom is -0.373 e. The second kappa shape index (κ2) is 6.71. The lowest BCUT2D eigenvalue weighted by atomic mass is 9.97. The average molecular weight is 305 g/mol. The van der Waals surface area contributed by atoms with E-state index in [1.165, 1.54) is 41.5 Å². The van der Waals surface area contributed by atoms with Gasteiger partial charge in [0.1, 0.15) is 17.3 Å². The molecule has 1 aliphatic carbocycles. The third-order valence-electron chi connectivity index (χ3n) is 3.78. The molecule has 0 unspecified atom stereocenters. The molecule has 0 aromatic carbocycles. The lowest BCUT2D eigenvalue weighted by molar-refractivity contribution is 0.116. The van der Waals surface area contributed by atoms with Crippen LogP contribution in [-0.2, 0) is 24.2 Å². The second-order valence-electron chi connectivity index (χ2n) is 5.46. The molecule has 21 heavy (non-hydrogen) atoms. The van der Waals surface area contributed by atoms with Gasteiger partial charge in [-0.05, 0) is 44.6 Å². The molecule has 2 aromatic rings. The van der Waals surface area contributed by atoms with Crippen LogP contribution >= 0.6 is 11.3 Å². The quantitative estimate of drug-likeness (QED) is 0.822. The third kappa shape index (κ3) is 3.04. The molecule has 0 spiro atoms. The van der Waals surface area contributed by atoms with Crippen LogP contribution in [0.4, 0.5) is 5.82 Å². The van der Waals surface area contributed by atoms with Crippen molar-refractivity contribution in [2.24, 2.45) is 0 Å². The lowest BCUT2D eigenvalue weighted by Crippen LogP contribution is -2.07. The number of thiophene rings is 1. The molecule has 1 aliphatic rings. The van der Waals surface area contributed by atoms with E-state index in [1.54, 1.807) is 0 Å². The largest absolute Gasteiger partial charge is 0.373 e. The number of nitrogens with zero attached hydrogens (tertiary/aromatic N) is 2. The summed E-state index contributed by atoms with van der Waals surface area (Å²) < 4.78 is 5.60. The van der Waals surface area contributed by atoms with Crippen LogP contribution < -0.4 is 5.32 Å². The van der Waals surface area contributed by atoms with Crippen LogP contribution in [0.15, 0.2) is 0 Å². The molecule has 0 radical (unpaired) electrons. The van der Waals surface area contributed by atoms with Crippen LogP contribution in [0, 0.1) is 0 Å². The highest BCUT2D eigenvalue weighted by atomic mass is 32.1. The number of nitrogens with one attached hydrogen (secondary N) is 1. The van der Waals surface area contributed by atoms with Gasteiger partial charge in [0.15, 0.2) is 5.82 Å². The van der Waals surface area contributed by atoms with E-state index >= 15 is 0 Å². The molecular weight excluding hydrogens is 282 g/mol. The van der Waals surface area contributed by atoms with Crippen molar-refractivity contribution >= 4 is 27.4 Å². The van der Waals surface area contributed by atoms with E-state index in [4.69, 9.17) is 14.7 Å². The Balaban J connectivity index is 2.00. The number of hydrogen-bond donors (Lipinski definition) is 1. The second-order valence-corrected chi connectivity index (χ2v) is 6.55. The minimum atomic E-state index is 0.505. The van der Waals surface area contributed by atoms with Gasteiger partial charge >= 0.3 is 0 Å². The number of fused-ring (bicyclic) bond motifs is 3. The molecule has 4 nitrogen and oxygen atoms in total. The van der Waals surface area contributed by atoms with Crippen molar-refractivity contribution in [3.8, 4) is 0 Å². The number of anilines is 1. The predicted octanol–water partition coefficient (Wildman–Crippen LogP) is 3.93. The normalized spacial score (nSPS) is 14.4. The standard InChI is InChI=1S/C16H23N3OS/c1-3-9-20-10-13-18-15(17-4-2)14-11-7-5-6-8-12(11)21-16(14)19-13/h3-10H2,1-2H3,(H,17,18,19). The van der Waals surface area contributed by atoms with Gasteiger partial charge in [-0.15, -0.1) is 11.3 Å². The Morgan fingerprint density at radius 3 is 2.86 bits per heavy atom. The van der Waals surface area contributed by atoms with Crippen LogP contribution in [0.3, 0.4) is 0 Å². The van der Waals surface area contributed by atoms with Gasteiger partial charge in [-0.2, -0.15) is 0 Å². The van der Waals surface area contributed by atoms with Crippen molar-refractivity contribution in [3.05, 3.63) is 16.3 Å². The number of hydrogen-bond acceptors (Lipinski definition) is 5. The summed E-state index contributed by atoms with van der Waals surface area (Å²) in [6.45, 7) is 6.37. The van der Waals surface area contributed by atoms with Crippen LogP contribution in [0.2, 0.25) is 0 Å². The van der Waals surface area contributed by atoms with Gasteiger partial charge in [0.2, 0.25) is 0 Å². The van der Waals surface area contributed by atoms with E-state index in [9.17, 15) is 0 Å². The van der Waals surface area contributed by atoms with E-state index in [1.807, 2.05) is 11.3 Å². The predicted molar refractivity (Wildman–Crippen MR) is 88.2 cm³/mol. The maximum absolute atomic E-state index is 5.60. The molecule has 0 amide bonds. The van der Waals surface area contributed by atoms with Crippen molar-refractivity contribution in [1.29, 1.82) is 0 Å². The topological polar surface area (TPSA) is 47.0 Å². The van der Waals surface area contributed by atoms with Crippen LogP contribution in [0.25, 0.3) is 10.2 Å². The van der Waals surface area contributed by atoms with Gasteiger partial charge in [-0.25, -0.2) is 9.97 Å². The van der Waals surface area contributed by atoms with Crippen molar-refractivity contribution < 1.29 is 4.74 Å². The van der Waals surface area contributed by atoms with Gasteiger partial charge in [0.05, 0.1) is 5.39 Å². The molecule has 3 rings (SSSR count). The number of ether oxygens (including phenoxy) is 1. The summed E-state index contributed by atoms with van der Waals surface area (Å²) in [4.78, 5) is 12.1. The summed E-state index contributed by atoms with van der Waals surface area (Å²) in [7, 11) is 0. The molecule has 114 valence electrons. The van der Waals surface area contributed by atoms with Crippen molar-refractivity contribution in [2.75, 3.05) is 18.5 Å². The highest BCUT2D eigenvalue weighted by Gasteiger charge is 2.20. The van der Waals surface area contributed by atoms with E-state index in [-0.39, 0.29) is 0 Å². The zero-order valence-corrected chi connectivity index (χ0v) is 13.7. The van der Waals surface area contributed by atoms with Gasteiger partial charge in [0, 0.05) is 18.0 Å². The van der Waals surface area contributed by atoms with Crippen LogP contribution in [-0.4, -0.2) is 23.1 Å². The average Bonchev–Trinajstić information content (AvgIpc) is 2.86. The zero-order valence-electron chi connectivity index (χ0n) is 12.9. The van der Waals surface area contributed by atoms with E-state index in [2.05, 4.69) is 19.2 Å². The summed E-state index contributed by atoms with van der Waals surface area (Å²) in [5, 5.41) is 4.68. The number of aromatic nitrogens is 2. The van der Waals surface area contributed by atoms with Crippen molar-refractivity contribution in [2.45, 2.75) is 52.6 Å². The summed E-state index contributed by atoms with van der Waals surface area (Å²) in [5.41, 5.74) is 1.48. The Bertz CT molecular complexity index is 623. The van der Waals surface area contributed by atoms with E-state index in [0.29, 0.717) is 6.61 Å². The molecule has 0 saturated heterocycles. The maximum Gasteiger partial charge on any atom is 0.158 e. The SMILES string of the molecule is CCCOCc1nc(NCC)c2c3c(sc2n1)CCCC3. The first kappa shape index (κ1) is 14.7. The van der Waals surface area contributed by atoms with Gasteiger partial charge in [0.25, 0.3) is 0 Å². The summed E-state index contributed by atoms with van der Waals surface area (Å²) in [6, 6.07) is 0. The fourth-order valence-electron chi connectivity index (χ4n) is 2.87. The molecule has 0 aliphatic heterocycles. The Morgan fingerprint density at radius 2 is 2.05 bits per heavy atom. The first-order valence-corrected chi connectivity index (χ1v) is 8.77. The number of aryl methyl sites for hydroxylation is 2. The van der Waals surface area contributed by atoms with Crippen LogP contribution in [0.5, 0.6) is 0 Å². The molecule has 5 heteroatoms. The molecule has 0 fully saturated rings. The third-order valence-corrected chi connectivity index (χ3v) is 4.97. The Labute approximate surface area is 129 Å². The first-order chi connectivity index (χ1) is 10.3. The number of rotatable bonds is 6. The fraction of sp³-hybridized carbons (Fsp3) is 0.625. The van der Waals surface area contributed by atoms with Gasteiger partial charge in [-0.1, -0.05) is 6.92 Å². The summed E-state index contributed by atoms with van der Waals surface area (Å²) in [6.07, 6.45) is 5.98. The molecule has 2 aromatic heterocycles. The zero-order chi connectivity index (χ0) is 14.7. The minimum absolute atomic E-state index is 0.505. The van der Waals surface area contributed by atoms with Crippen molar-refractivity contribution in [1.82, 2.24) is 9.97 Å². The summed E-state index contributed by atoms with van der Waals surface area (Å²) >= 11 is 1.85. The maximum atomic E-state index is 5.60. The highest BCUT2D eigenvalue weighted by molar-refractivity contribution is 7.19. The monoisotopic (exact) mass is 305 g/mol. The van der Waals surface area contributed by atoms with E-state index < -0.39 is 0 Å². The van der Waals surface area contributed by atoms with Crippen molar-refractivity contribution in [3.63, 3.8) is 0 Å². The smallest absolute Gasteiger partial charge is 0.158 e. The highest BCUT2D eigenvalue weighted by Crippen LogP contribution is 2.38. The van der Waals surface area contributed by atoms with Gasteiger partial charge in [-0.3, -0.25) is 0 Å². The lowest BCUT2D eigenvalue weighted by Gasteiger charge is -2.12. The van der Waals surface area contributed by atoms with Gasteiger partial charge < -0.3 is 10.1 Å². The molecule has 2 heterocycles. The van der Waals surface area contributed by atoms with E-state index in [0.717, 1.165) is 36.0 Å². The molecule has 0 saturated carbocycles. The summed E-state index contributed by atoms with van der Waals surface area (Å²) in [5.74, 6) is 1.79. The molecular formula is C16H23N3OS. The van der Waals surface area contributed by atoms with Crippen LogP contribution in [0.1, 0.15) is 49.4 Å². The Morgan fingerprint density at radius 1 is 1.19 bits per heavy atom. The Hall–Kier alpha value is -1.20. The fourth-order valence-corrected chi connectivity index (χ4v) is 4.15. The Kier molecular flexibility index (Phi) is 4.70. The molecule has 0 bridgehead atoms. The molecule has 1 N–H and O–H groups in total. The first-order valence-electron chi connectivity index (χ1n) is 7.96. The molecule has 0 atom stereocenters.